The van der Waals surface area contributed by atoms with Gasteiger partial charge in [0.15, 0.2) is 0 Å². The molecule has 0 spiro atoms. The Morgan fingerprint density at radius 2 is 2.21 bits per heavy atom. The van der Waals surface area contributed by atoms with E-state index in [-0.39, 0.29) is 5.91 Å². The minimum absolute atomic E-state index is 0.279. The van der Waals surface area contributed by atoms with Gasteiger partial charge in [0, 0.05) is 6.20 Å². The number of H-pyrrole nitrogens is 1. The Bertz CT molecular complexity index is 540. The van der Waals surface area contributed by atoms with Gasteiger partial charge in [-0.05, 0) is 18.9 Å². The zero-order valence-corrected chi connectivity index (χ0v) is 10.5. The van der Waals surface area contributed by atoms with E-state index in [4.69, 9.17) is 0 Å². The topological polar surface area (TPSA) is 88.5 Å². The van der Waals surface area contributed by atoms with Crippen LogP contribution in [0.3, 0.4) is 0 Å². The van der Waals surface area contributed by atoms with Gasteiger partial charge in [-0.1, -0.05) is 19.3 Å². The smallest absolute Gasteiger partial charge is 0.276 e. The normalized spacial score (nSPS) is 16.4. The molecule has 1 saturated carbocycles. The van der Waals surface area contributed by atoms with Crippen molar-refractivity contribution >= 4 is 11.9 Å². The number of rotatable bonds is 3. The number of carbonyl (C=O) groups excluding carboxylic acids is 1. The Hall–Kier alpha value is -2.18. The van der Waals surface area contributed by atoms with Gasteiger partial charge in [-0.3, -0.25) is 15.2 Å². The number of hydrogen-bond donors (Lipinski definition) is 2. The van der Waals surface area contributed by atoms with Crippen LogP contribution in [-0.4, -0.2) is 30.9 Å². The van der Waals surface area contributed by atoms with Crippen molar-refractivity contribution < 1.29 is 4.79 Å². The van der Waals surface area contributed by atoms with Gasteiger partial charge in [0.2, 0.25) is 5.95 Å². The van der Waals surface area contributed by atoms with Crippen molar-refractivity contribution in [3.8, 4) is 0 Å². The number of amides is 1. The number of nitrogens with zero attached hydrogens (tertiary/aromatic N) is 4. The second kappa shape index (κ2) is 5.21. The third kappa shape index (κ3) is 2.64. The van der Waals surface area contributed by atoms with E-state index < -0.39 is 0 Å². The van der Waals surface area contributed by atoms with Crippen molar-refractivity contribution in [2.75, 3.05) is 5.32 Å². The number of aromatic amines is 1. The summed E-state index contributed by atoms with van der Waals surface area (Å²) in [5, 5.41) is 13.3. The number of hydrogen-bond acceptors (Lipinski definition) is 4. The molecule has 0 aromatic carbocycles. The van der Waals surface area contributed by atoms with Gasteiger partial charge in [-0.2, -0.15) is 5.10 Å². The first-order valence-corrected chi connectivity index (χ1v) is 6.55. The average Bonchev–Trinajstić information content (AvgIpc) is 3.11. The van der Waals surface area contributed by atoms with Crippen molar-refractivity contribution in [2.45, 2.75) is 38.1 Å². The molecule has 1 fully saturated rings. The standard InChI is InChI=1S/C12H16N6O/c19-11(10-6-7-14-16-10)15-12-13-8-18(17-12)9-4-2-1-3-5-9/h6-9H,1-5H2,(H,14,16)(H,15,17,19). The molecule has 0 atom stereocenters. The summed E-state index contributed by atoms with van der Waals surface area (Å²) in [7, 11) is 0. The van der Waals surface area contributed by atoms with Gasteiger partial charge in [-0.25, -0.2) is 9.67 Å². The van der Waals surface area contributed by atoms with Crippen molar-refractivity contribution in [1.29, 1.82) is 0 Å². The maximum absolute atomic E-state index is 11.8. The molecule has 2 aromatic rings. The van der Waals surface area contributed by atoms with E-state index in [0.29, 0.717) is 17.7 Å². The summed E-state index contributed by atoms with van der Waals surface area (Å²) in [5.41, 5.74) is 0.397. The lowest BCUT2D eigenvalue weighted by atomic mass is 9.96. The first kappa shape index (κ1) is 11.9. The molecule has 2 aromatic heterocycles. The van der Waals surface area contributed by atoms with Crippen LogP contribution in [0.5, 0.6) is 0 Å². The third-order valence-electron chi connectivity index (χ3n) is 3.43. The van der Waals surface area contributed by atoms with Gasteiger partial charge < -0.3 is 0 Å². The van der Waals surface area contributed by atoms with E-state index in [9.17, 15) is 4.79 Å². The summed E-state index contributed by atoms with van der Waals surface area (Å²) < 4.78 is 1.86. The summed E-state index contributed by atoms with van der Waals surface area (Å²) in [6, 6.07) is 2.02. The Labute approximate surface area is 110 Å². The van der Waals surface area contributed by atoms with Gasteiger partial charge in [0.25, 0.3) is 5.91 Å². The molecular weight excluding hydrogens is 244 g/mol. The SMILES string of the molecule is O=C(Nc1ncn(C2CCCCC2)n1)c1ccn[nH]1. The van der Waals surface area contributed by atoms with Gasteiger partial charge in [0.05, 0.1) is 6.04 Å². The van der Waals surface area contributed by atoms with Crippen LogP contribution in [0, 0.1) is 0 Å². The largest absolute Gasteiger partial charge is 0.288 e. The van der Waals surface area contributed by atoms with E-state index in [1.165, 1.54) is 25.5 Å². The fraction of sp³-hybridized carbons (Fsp3) is 0.500. The molecule has 100 valence electrons. The fourth-order valence-electron chi connectivity index (χ4n) is 2.40. The van der Waals surface area contributed by atoms with Gasteiger partial charge in [0.1, 0.15) is 12.0 Å². The molecule has 1 amide bonds. The summed E-state index contributed by atoms with van der Waals surface area (Å²) in [5.74, 6) is 0.0593. The molecule has 1 aliphatic rings. The molecule has 0 aliphatic heterocycles. The first-order valence-electron chi connectivity index (χ1n) is 6.55. The second-order valence-corrected chi connectivity index (χ2v) is 4.76. The summed E-state index contributed by atoms with van der Waals surface area (Å²) in [6.45, 7) is 0. The highest BCUT2D eigenvalue weighted by Crippen LogP contribution is 2.27. The van der Waals surface area contributed by atoms with E-state index in [2.05, 4.69) is 25.6 Å². The first-order chi connectivity index (χ1) is 9.33. The predicted octanol–water partition coefficient (Wildman–Crippen LogP) is 1.76. The number of anilines is 1. The quantitative estimate of drug-likeness (QED) is 0.880. The Morgan fingerprint density at radius 1 is 1.37 bits per heavy atom. The molecule has 0 radical (unpaired) electrons. The molecular formula is C12H16N6O. The highest BCUT2D eigenvalue weighted by Gasteiger charge is 2.17. The number of carbonyl (C=O) groups is 1. The second-order valence-electron chi connectivity index (χ2n) is 4.76. The summed E-state index contributed by atoms with van der Waals surface area (Å²) in [6.07, 6.45) is 9.27. The molecule has 2 N–H and O–H groups in total. The Kier molecular flexibility index (Phi) is 3.26. The molecule has 1 aliphatic carbocycles. The van der Waals surface area contributed by atoms with Crippen LogP contribution in [0.4, 0.5) is 5.95 Å². The van der Waals surface area contributed by atoms with E-state index >= 15 is 0 Å². The van der Waals surface area contributed by atoms with Crippen LogP contribution in [0.2, 0.25) is 0 Å². The lowest BCUT2D eigenvalue weighted by molar-refractivity contribution is 0.102. The lowest BCUT2D eigenvalue weighted by Crippen LogP contribution is -2.16. The van der Waals surface area contributed by atoms with E-state index in [1.54, 1.807) is 12.4 Å². The maximum atomic E-state index is 11.8. The van der Waals surface area contributed by atoms with Gasteiger partial charge in [-0.15, -0.1) is 5.10 Å². The van der Waals surface area contributed by atoms with E-state index in [1.807, 2.05) is 4.68 Å². The molecule has 7 heteroatoms. The molecule has 0 unspecified atom stereocenters. The molecule has 19 heavy (non-hydrogen) atoms. The Balaban J connectivity index is 1.66. The van der Waals surface area contributed by atoms with E-state index in [0.717, 1.165) is 12.8 Å². The van der Waals surface area contributed by atoms with Crippen LogP contribution in [0.1, 0.15) is 48.6 Å². The van der Waals surface area contributed by atoms with Crippen LogP contribution >= 0.6 is 0 Å². The minimum Gasteiger partial charge on any atom is -0.288 e. The predicted molar refractivity (Wildman–Crippen MR) is 68.7 cm³/mol. The monoisotopic (exact) mass is 260 g/mol. The zero-order chi connectivity index (χ0) is 13.1. The fourth-order valence-corrected chi connectivity index (χ4v) is 2.40. The third-order valence-corrected chi connectivity index (χ3v) is 3.43. The van der Waals surface area contributed by atoms with Crippen molar-refractivity contribution in [3.05, 3.63) is 24.3 Å². The summed E-state index contributed by atoms with van der Waals surface area (Å²) in [4.78, 5) is 15.9. The highest BCUT2D eigenvalue weighted by molar-refractivity contribution is 6.01. The van der Waals surface area contributed by atoms with Gasteiger partial charge >= 0.3 is 0 Å². The molecule has 0 saturated heterocycles. The van der Waals surface area contributed by atoms with Crippen molar-refractivity contribution in [1.82, 2.24) is 25.0 Å². The van der Waals surface area contributed by atoms with Crippen LogP contribution < -0.4 is 5.32 Å². The molecule has 3 rings (SSSR count). The maximum Gasteiger partial charge on any atom is 0.276 e. The minimum atomic E-state index is -0.279. The van der Waals surface area contributed by atoms with Crippen LogP contribution in [0.25, 0.3) is 0 Å². The number of aromatic nitrogens is 5. The summed E-state index contributed by atoms with van der Waals surface area (Å²) >= 11 is 0. The van der Waals surface area contributed by atoms with Crippen molar-refractivity contribution in [3.63, 3.8) is 0 Å². The molecule has 0 bridgehead atoms. The van der Waals surface area contributed by atoms with Crippen molar-refractivity contribution in [2.24, 2.45) is 0 Å². The highest BCUT2D eigenvalue weighted by atomic mass is 16.2. The molecule has 2 heterocycles. The van der Waals surface area contributed by atoms with Crippen LogP contribution in [-0.2, 0) is 0 Å². The average molecular weight is 260 g/mol. The number of nitrogens with one attached hydrogen (secondary N) is 2. The zero-order valence-electron chi connectivity index (χ0n) is 10.5. The molecule has 7 nitrogen and oxygen atoms in total. The van der Waals surface area contributed by atoms with Crippen LogP contribution in [0.15, 0.2) is 18.6 Å². The lowest BCUT2D eigenvalue weighted by Gasteiger charge is -2.20. The Morgan fingerprint density at radius 3 is 2.95 bits per heavy atom.